The first-order chi connectivity index (χ1) is 11.1. The lowest BCUT2D eigenvalue weighted by atomic mass is 10.3. The zero-order chi connectivity index (χ0) is 15.9. The summed E-state index contributed by atoms with van der Waals surface area (Å²) >= 11 is 3.11. The van der Waals surface area contributed by atoms with E-state index < -0.39 is 4.93 Å². The van der Waals surface area contributed by atoms with Gasteiger partial charge < -0.3 is 10.1 Å². The molecule has 4 rings (SSSR count). The van der Waals surface area contributed by atoms with E-state index >= 15 is 0 Å². The normalized spacial score (nSPS) is 14.5. The van der Waals surface area contributed by atoms with Crippen LogP contribution in [0.1, 0.15) is 18.4 Å². The highest BCUT2D eigenvalue weighted by atomic mass is 32.2. The van der Waals surface area contributed by atoms with E-state index in [0.717, 1.165) is 27.5 Å². The number of H-pyrrole nitrogens is 1. The third-order valence-electron chi connectivity index (χ3n) is 3.69. The van der Waals surface area contributed by atoms with Crippen molar-refractivity contribution in [2.24, 2.45) is 0 Å². The van der Waals surface area contributed by atoms with E-state index in [9.17, 15) is 5.11 Å². The van der Waals surface area contributed by atoms with Gasteiger partial charge in [-0.15, -0.1) is 23.1 Å². The number of hydrogen-bond acceptors (Lipinski definition) is 5. The second kappa shape index (κ2) is 5.67. The Morgan fingerprint density at radius 1 is 1.39 bits per heavy atom. The summed E-state index contributed by atoms with van der Waals surface area (Å²) in [5.41, 5.74) is 3.02. The fourth-order valence-electron chi connectivity index (χ4n) is 2.56. The summed E-state index contributed by atoms with van der Waals surface area (Å²) in [4.78, 5) is 12.3. The molecular weight excluding hydrogens is 328 g/mol. The van der Waals surface area contributed by atoms with E-state index in [1.165, 1.54) is 11.8 Å². The molecule has 2 N–H and O–H groups in total. The smallest absolute Gasteiger partial charge is 0.193 e. The molecule has 5 nitrogen and oxygen atoms in total. The minimum Gasteiger partial charge on any atom is -0.379 e. The molecule has 3 aromatic heterocycles. The van der Waals surface area contributed by atoms with E-state index in [2.05, 4.69) is 19.4 Å². The van der Waals surface area contributed by atoms with Crippen molar-refractivity contribution >= 4 is 39.1 Å². The van der Waals surface area contributed by atoms with Crippen LogP contribution < -0.4 is 0 Å². The number of thioether (sulfide) groups is 1. The molecule has 0 radical (unpaired) electrons. The molecule has 0 unspecified atom stereocenters. The SMILES string of the molecule is C[C@@](O)(Cc1nc2ccccc2[nH]1)SCc1cnc2sccn12. The van der Waals surface area contributed by atoms with Gasteiger partial charge in [-0.1, -0.05) is 12.1 Å². The standard InChI is InChI=1S/C16H16N4OS2/c1-16(21,8-14-18-12-4-2-3-5-13(12)19-14)23-10-11-9-17-15-20(11)6-7-22-15/h2-7,9,21H,8,10H2,1H3,(H,18,19)/t16-/m0/s1. The molecule has 0 amide bonds. The number of hydrogen-bond donors (Lipinski definition) is 2. The minimum absolute atomic E-state index is 0.470. The van der Waals surface area contributed by atoms with E-state index in [1.54, 1.807) is 11.3 Å². The quantitative estimate of drug-likeness (QED) is 0.544. The number of aromatic nitrogens is 4. The average Bonchev–Trinajstić information content (AvgIpc) is 3.19. The van der Waals surface area contributed by atoms with Gasteiger partial charge in [-0.05, 0) is 19.1 Å². The number of nitrogens with zero attached hydrogens (tertiary/aromatic N) is 3. The van der Waals surface area contributed by atoms with Crippen LogP contribution in [0.3, 0.4) is 0 Å². The monoisotopic (exact) mass is 344 g/mol. The minimum atomic E-state index is -0.895. The van der Waals surface area contributed by atoms with Gasteiger partial charge in [-0.3, -0.25) is 4.40 Å². The fraction of sp³-hybridized carbons (Fsp3) is 0.250. The Bertz CT molecular complexity index is 920. The molecule has 1 atom stereocenters. The van der Waals surface area contributed by atoms with Crippen molar-refractivity contribution in [3.05, 3.63) is 53.6 Å². The molecule has 0 aliphatic heterocycles. The Labute approximate surface area is 141 Å². The first-order valence-electron chi connectivity index (χ1n) is 7.30. The van der Waals surface area contributed by atoms with E-state index in [-0.39, 0.29) is 0 Å². The number of aliphatic hydroxyl groups is 1. The van der Waals surface area contributed by atoms with Gasteiger partial charge in [0.05, 0.1) is 22.9 Å². The van der Waals surface area contributed by atoms with Crippen molar-refractivity contribution < 1.29 is 5.11 Å². The Kier molecular flexibility index (Phi) is 3.63. The molecule has 0 spiro atoms. The van der Waals surface area contributed by atoms with Crippen molar-refractivity contribution in [2.75, 3.05) is 0 Å². The van der Waals surface area contributed by atoms with Gasteiger partial charge in [0, 0.05) is 23.8 Å². The molecule has 0 saturated heterocycles. The number of thiazole rings is 1. The van der Waals surface area contributed by atoms with Gasteiger partial charge in [0.2, 0.25) is 0 Å². The zero-order valence-electron chi connectivity index (χ0n) is 12.6. The van der Waals surface area contributed by atoms with Crippen LogP contribution in [0.25, 0.3) is 16.0 Å². The summed E-state index contributed by atoms with van der Waals surface area (Å²) in [6.45, 7) is 1.83. The predicted octanol–water partition coefficient (Wildman–Crippen LogP) is 3.46. The second-order valence-corrected chi connectivity index (χ2v) is 7.98. The maximum atomic E-state index is 10.7. The summed E-state index contributed by atoms with van der Waals surface area (Å²) < 4.78 is 2.06. The molecule has 7 heteroatoms. The van der Waals surface area contributed by atoms with Crippen LogP contribution in [0.2, 0.25) is 0 Å². The zero-order valence-corrected chi connectivity index (χ0v) is 14.2. The average molecular weight is 344 g/mol. The van der Waals surface area contributed by atoms with Crippen LogP contribution >= 0.6 is 23.1 Å². The number of benzene rings is 1. The Morgan fingerprint density at radius 2 is 2.26 bits per heavy atom. The molecule has 0 aliphatic carbocycles. The van der Waals surface area contributed by atoms with Gasteiger partial charge in [0.15, 0.2) is 4.96 Å². The van der Waals surface area contributed by atoms with Crippen molar-refractivity contribution in [3.63, 3.8) is 0 Å². The van der Waals surface area contributed by atoms with Gasteiger partial charge in [-0.2, -0.15) is 0 Å². The van der Waals surface area contributed by atoms with E-state index in [1.807, 2.05) is 49.0 Å². The molecule has 1 aromatic carbocycles. The number of nitrogens with one attached hydrogen (secondary N) is 1. The van der Waals surface area contributed by atoms with Crippen LogP contribution in [0.4, 0.5) is 0 Å². The topological polar surface area (TPSA) is 66.2 Å². The fourth-order valence-corrected chi connectivity index (χ4v) is 4.18. The number of para-hydroxylation sites is 2. The molecule has 0 fully saturated rings. The van der Waals surface area contributed by atoms with Crippen molar-refractivity contribution in [2.45, 2.75) is 24.0 Å². The van der Waals surface area contributed by atoms with Gasteiger partial charge in [0.1, 0.15) is 10.8 Å². The van der Waals surface area contributed by atoms with Crippen LogP contribution in [0.15, 0.2) is 42.0 Å². The molecule has 118 valence electrons. The molecule has 3 heterocycles. The lowest BCUT2D eigenvalue weighted by Gasteiger charge is -2.21. The summed E-state index contributed by atoms with van der Waals surface area (Å²) in [5.74, 6) is 1.50. The molecule has 0 saturated carbocycles. The summed E-state index contributed by atoms with van der Waals surface area (Å²) in [5, 5.41) is 12.7. The van der Waals surface area contributed by atoms with E-state index in [4.69, 9.17) is 0 Å². The summed E-state index contributed by atoms with van der Waals surface area (Å²) in [7, 11) is 0. The lowest BCUT2D eigenvalue weighted by molar-refractivity contribution is 0.156. The highest BCUT2D eigenvalue weighted by Gasteiger charge is 2.24. The van der Waals surface area contributed by atoms with Crippen LogP contribution in [-0.2, 0) is 12.2 Å². The first-order valence-corrected chi connectivity index (χ1v) is 9.17. The molecule has 4 aromatic rings. The lowest BCUT2D eigenvalue weighted by Crippen LogP contribution is -2.23. The van der Waals surface area contributed by atoms with E-state index in [0.29, 0.717) is 12.2 Å². The predicted molar refractivity (Wildman–Crippen MR) is 94.8 cm³/mol. The highest BCUT2D eigenvalue weighted by Crippen LogP contribution is 2.30. The third-order valence-corrected chi connectivity index (χ3v) is 5.66. The summed E-state index contributed by atoms with van der Waals surface area (Å²) in [6, 6.07) is 7.90. The van der Waals surface area contributed by atoms with Crippen molar-refractivity contribution in [3.8, 4) is 0 Å². The number of imidazole rings is 2. The Morgan fingerprint density at radius 3 is 3.13 bits per heavy atom. The molecule has 0 aliphatic rings. The van der Waals surface area contributed by atoms with Crippen LogP contribution in [0.5, 0.6) is 0 Å². The van der Waals surface area contributed by atoms with Crippen LogP contribution in [0, 0.1) is 0 Å². The number of rotatable bonds is 5. The van der Waals surface area contributed by atoms with Gasteiger partial charge in [-0.25, -0.2) is 9.97 Å². The summed E-state index contributed by atoms with van der Waals surface area (Å²) in [6.07, 6.45) is 4.35. The van der Waals surface area contributed by atoms with Crippen molar-refractivity contribution in [1.29, 1.82) is 0 Å². The number of fused-ring (bicyclic) bond motifs is 2. The largest absolute Gasteiger partial charge is 0.379 e. The Balaban J connectivity index is 1.48. The van der Waals surface area contributed by atoms with Crippen LogP contribution in [-0.4, -0.2) is 29.4 Å². The molecule has 23 heavy (non-hydrogen) atoms. The Hall–Kier alpha value is -1.83. The highest BCUT2D eigenvalue weighted by molar-refractivity contribution is 7.99. The van der Waals surface area contributed by atoms with Gasteiger partial charge >= 0.3 is 0 Å². The second-order valence-electron chi connectivity index (χ2n) is 5.65. The maximum absolute atomic E-state index is 10.7. The molecule has 0 bridgehead atoms. The third kappa shape index (κ3) is 2.99. The number of aromatic amines is 1. The molecular formula is C16H16N4OS2. The van der Waals surface area contributed by atoms with Crippen molar-refractivity contribution in [1.82, 2.24) is 19.4 Å². The maximum Gasteiger partial charge on any atom is 0.193 e. The van der Waals surface area contributed by atoms with Gasteiger partial charge in [0.25, 0.3) is 0 Å². The first kappa shape index (κ1) is 14.7.